The molecular weight excluding hydrogens is 771 g/mol. The fourth-order valence-corrected chi connectivity index (χ4v) is 11.9. The van der Waals surface area contributed by atoms with Crippen molar-refractivity contribution in [1.29, 1.82) is 10.5 Å². The van der Waals surface area contributed by atoms with Gasteiger partial charge in [0, 0.05) is 56.1 Å². The van der Waals surface area contributed by atoms with Crippen molar-refractivity contribution < 1.29 is 0 Å². The van der Waals surface area contributed by atoms with Crippen LogP contribution in [0.3, 0.4) is 0 Å². The molecular formula is C50H47N3S4. The quantitative estimate of drug-likeness (QED) is 0.0640. The number of rotatable bonds is 18. The summed E-state index contributed by atoms with van der Waals surface area (Å²) in [7, 11) is 0. The monoisotopic (exact) mass is 817 g/mol. The van der Waals surface area contributed by atoms with Crippen LogP contribution in [0.5, 0.6) is 0 Å². The first-order valence-electron chi connectivity index (χ1n) is 20.1. The van der Waals surface area contributed by atoms with Gasteiger partial charge in [-0.3, -0.25) is 0 Å². The highest BCUT2D eigenvalue weighted by atomic mass is 32.1. The number of nitrogens with zero attached hydrogens (tertiary/aromatic N) is 3. The Morgan fingerprint density at radius 2 is 1.00 bits per heavy atom. The molecule has 0 saturated heterocycles. The van der Waals surface area contributed by atoms with Gasteiger partial charge in [-0.25, -0.2) is 0 Å². The SMILES string of the molecule is CCCCCCc1cc(C=C(C#N)C#N)sc1-c1ccc(-c2ccc(-c3sc(-c4ccc(N(c5ccccc5)c5ccccc5)cc4)cc3CCCCCC)s2)s1. The number of hydrogen-bond acceptors (Lipinski definition) is 7. The van der Waals surface area contributed by atoms with Crippen LogP contribution in [0.2, 0.25) is 0 Å². The van der Waals surface area contributed by atoms with Gasteiger partial charge in [0.2, 0.25) is 0 Å². The van der Waals surface area contributed by atoms with Gasteiger partial charge in [-0.2, -0.15) is 10.5 Å². The Morgan fingerprint density at radius 1 is 0.509 bits per heavy atom. The van der Waals surface area contributed by atoms with Crippen molar-refractivity contribution >= 4 is 68.5 Å². The molecule has 0 atom stereocenters. The first-order valence-corrected chi connectivity index (χ1v) is 23.3. The number of para-hydroxylation sites is 2. The summed E-state index contributed by atoms with van der Waals surface area (Å²) in [5, 5.41) is 18.8. The molecule has 0 bridgehead atoms. The second-order valence-corrected chi connectivity index (χ2v) is 18.6. The summed E-state index contributed by atoms with van der Waals surface area (Å²) in [5.74, 6) is 0. The van der Waals surface area contributed by atoms with E-state index in [1.54, 1.807) is 17.4 Å². The Labute approximate surface area is 354 Å². The highest BCUT2D eigenvalue weighted by Crippen LogP contribution is 2.47. The highest BCUT2D eigenvalue weighted by Gasteiger charge is 2.19. The van der Waals surface area contributed by atoms with Gasteiger partial charge in [-0.05, 0) is 121 Å². The molecule has 3 aromatic carbocycles. The Hall–Kier alpha value is -5.02. The molecule has 0 aliphatic heterocycles. The van der Waals surface area contributed by atoms with E-state index in [1.165, 1.54) is 95.8 Å². The lowest BCUT2D eigenvalue weighted by Crippen LogP contribution is -2.09. The van der Waals surface area contributed by atoms with Crippen LogP contribution in [-0.2, 0) is 12.8 Å². The Bertz CT molecular complexity index is 2410. The molecule has 0 radical (unpaired) electrons. The molecule has 0 N–H and O–H groups in total. The van der Waals surface area contributed by atoms with E-state index in [-0.39, 0.29) is 5.57 Å². The molecule has 0 unspecified atom stereocenters. The fraction of sp³-hybridized carbons (Fsp3) is 0.240. The maximum Gasteiger partial charge on any atom is 0.131 e. The molecule has 4 aromatic heterocycles. The van der Waals surface area contributed by atoms with Gasteiger partial charge < -0.3 is 4.90 Å². The van der Waals surface area contributed by atoms with Crippen molar-refractivity contribution in [2.45, 2.75) is 78.1 Å². The van der Waals surface area contributed by atoms with Crippen LogP contribution in [0, 0.1) is 22.7 Å². The van der Waals surface area contributed by atoms with Crippen molar-refractivity contribution in [3.63, 3.8) is 0 Å². The van der Waals surface area contributed by atoms with Crippen molar-refractivity contribution in [2.24, 2.45) is 0 Å². The smallest absolute Gasteiger partial charge is 0.131 e. The largest absolute Gasteiger partial charge is 0.311 e. The average Bonchev–Trinajstić information content (AvgIpc) is 4.08. The molecule has 286 valence electrons. The lowest BCUT2D eigenvalue weighted by atomic mass is 10.0. The lowest BCUT2D eigenvalue weighted by molar-refractivity contribution is 0.668. The molecule has 3 nitrogen and oxygen atoms in total. The lowest BCUT2D eigenvalue weighted by Gasteiger charge is -2.25. The Kier molecular flexibility index (Phi) is 14.0. The van der Waals surface area contributed by atoms with Gasteiger partial charge >= 0.3 is 0 Å². The molecule has 0 fully saturated rings. The molecule has 4 heterocycles. The Morgan fingerprint density at radius 3 is 1.53 bits per heavy atom. The van der Waals surface area contributed by atoms with E-state index in [1.807, 2.05) is 46.1 Å². The summed E-state index contributed by atoms with van der Waals surface area (Å²) >= 11 is 7.35. The molecule has 7 heteroatoms. The fourth-order valence-electron chi connectivity index (χ4n) is 7.16. The van der Waals surface area contributed by atoms with E-state index in [2.05, 4.69) is 140 Å². The Balaban J connectivity index is 1.17. The molecule has 0 aliphatic carbocycles. The van der Waals surface area contributed by atoms with Crippen LogP contribution in [-0.4, -0.2) is 0 Å². The minimum Gasteiger partial charge on any atom is -0.311 e. The van der Waals surface area contributed by atoms with Crippen LogP contribution < -0.4 is 4.90 Å². The second kappa shape index (κ2) is 19.9. The number of hydrogen-bond donors (Lipinski definition) is 0. The predicted molar refractivity (Wildman–Crippen MR) is 249 cm³/mol. The molecule has 7 rings (SSSR count). The number of aryl methyl sites for hydroxylation is 2. The average molecular weight is 818 g/mol. The zero-order valence-corrected chi connectivity index (χ0v) is 35.9. The van der Waals surface area contributed by atoms with Crippen molar-refractivity contribution in [2.75, 3.05) is 4.90 Å². The summed E-state index contributed by atoms with van der Waals surface area (Å²) in [6.07, 6.45) is 13.6. The molecule has 7 aromatic rings. The summed E-state index contributed by atoms with van der Waals surface area (Å²) in [6.45, 7) is 4.52. The van der Waals surface area contributed by atoms with E-state index in [4.69, 9.17) is 0 Å². The predicted octanol–water partition coefficient (Wildman–Crippen LogP) is 16.7. The maximum atomic E-state index is 9.40. The number of allylic oxidation sites excluding steroid dienone is 1. The number of benzene rings is 3. The van der Waals surface area contributed by atoms with Crippen LogP contribution in [0.15, 0.2) is 127 Å². The zero-order valence-electron chi connectivity index (χ0n) is 32.7. The van der Waals surface area contributed by atoms with Gasteiger partial charge in [0.25, 0.3) is 0 Å². The van der Waals surface area contributed by atoms with Crippen LogP contribution in [0.25, 0.3) is 45.8 Å². The summed E-state index contributed by atoms with van der Waals surface area (Å²) in [5.41, 5.74) is 7.58. The van der Waals surface area contributed by atoms with E-state index in [0.29, 0.717) is 0 Å². The third kappa shape index (κ3) is 9.93. The van der Waals surface area contributed by atoms with E-state index in [9.17, 15) is 10.5 Å². The van der Waals surface area contributed by atoms with Gasteiger partial charge in [0.15, 0.2) is 0 Å². The normalized spacial score (nSPS) is 10.9. The van der Waals surface area contributed by atoms with Gasteiger partial charge in [-0.1, -0.05) is 101 Å². The van der Waals surface area contributed by atoms with Crippen molar-refractivity contribution in [3.8, 4) is 51.8 Å². The molecule has 0 spiro atoms. The molecule has 0 amide bonds. The number of nitriles is 2. The van der Waals surface area contributed by atoms with Gasteiger partial charge in [-0.15, -0.1) is 45.3 Å². The summed E-state index contributed by atoms with van der Waals surface area (Å²) in [4.78, 5) is 12.4. The molecule has 57 heavy (non-hydrogen) atoms. The summed E-state index contributed by atoms with van der Waals surface area (Å²) in [6, 6.07) is 48.1. The zero-order chi connectivity index (χ0) is 39.4. The number of thiophene rings is 4. The van der Waals surface area contributed by atoms with Crippen LogP contribution in [0.1, 0.15) is 81.2 Å². The van der Waals surface area contributed by atoms with E-state index < -0.39 is 0 Å². The van der Waals surface area contributed by atoms with E-state index in [0.717, 1.165) is 41.2 Å². The second-order valence-electron chi connectivity index (χ2n) is 14.3. The minimum absolute atomic E-state index is 0.148. The third-order valence-electron chi connectivity index (χ3n) is 10.1. The van der Waals surface area contributed by atoms with Crippen LogP contribution >= 0.6 is 45.3 Å². The minimum atomic E-state index is 0.148. The maximum absolute atomic E-state index is 9.40. The van der Waals surface area contributed by atoms with Gasteiger partial charge in [0.1, 0.15) is 17.7 Å². The van der Waals surface area contributed by atoms with Crippen LogP contribution in [0.4, 0.5) is 17.1 Å². The number of anilines is 3. The topological polar surface area (TPSA) is 50.8 Å². The number of unbranched alkanes of at least 4 members (excludes halogenated alkanes) is 6. The standard InChI is InChI=1S/C50H47N3S4/c1-3-5-7-11-17-38-32-43(31-36(34-51)35-52)54-49(38)46-29-27-44(55-46)45-28-30-47(56-45)50-39(18-12-8-6-4-2)33-48(57-50)37-23-25-42(26-24-37)53(40-19-13-9-14-20-40)41-21-15-10-16-22-41/h9-10,13-16,19-33H,3-8,11-12,17-18H2,1-2H3. The van der Waals surface area contributed by atoms with Crippen molar-refractivity contribution in [3.05, 3.63) is 143 Å². The first kappa shape index (κ1) is 40.2. The molecule has 0 saturated carbocycles. The first-order chi connectivity index (χ1) is 28.1. The third-order valence-corrected chi connectivity index (χ3v) is 15.2. The summed E-state index contributed by atoms with van der Waals surface area (Å²) < 4.78 is 0. The van der Waals surface area contributed by atoms with E-state index >= 15 is 0 Å². The highest BCUT2D eigenvalue weighted by molar-refractivity contribution is 7.29. The molecule has 0 aliphatic rings. The van der Waals surface area contributed by atoms with Crippen molar-refractivity contribution in [1.82, 2.24) is 0 Å². The van der Waals surface area contributed by atoms with Gasteiger partial charge in [0.05, 0.1) is 0 Å².